The van der Waals surface area contributed by atoms with Crippen LogP contribution < -0.4 is 0 Å². The predicted molar refractivity (Wildman–Crippen MR) is 156 cm³/mol. The van der Waals surface area contributed by atoms with Crippen LogP contribution in [0.1, 0.15) is 149 Å². The fourth-order valence-corrected chi connectivity index (χ4v) is 4.52. The van der Waals surface area contributed by atoms with Gasteiger partial charge in [0.15, 0.2) is 0 Å². The summed E-state index contributed by atoms with van der Waals surface area (Å²) in [6.07, 6.45) is 24.7. The number of carbonyl (C=O) groups is 2. The molecule has 0 heterocycles. The Morgan fingerprint density at radius 1 is 0.486 bits per heavy atom. The van der Waals surface area contributed by atoms with Crippen LogP contribution in [0.5, 0.6) is 0 Å². The Balaban J connectivity index is 3.17. The number of carbonyl (C=O) groups excluding carboxylic acids is 2. The average Bonchev–Trinajstić information content (AvgIpc) is 2.84. The highest BCUT2D eigenvalue weighted by Crippen LogP contribution is 2.15. The van der Waals surface area contributed by atoms with E-state index in [4.69, 9.17) is 9.47 Å². The normalized spacial score (nSPS) is 12.9. The minimum Gasteiger partial charge on any atom is -0.466 e. The zero-order valence-electron chi connectivity index (χ0n) is 22.8. The summed E-state index contributed by atoms with van der Waals surface area (Å²) < 4.78 is 10.6. The van der Waals surface area contributed by atoms with Crippen LogP contribution in [-0.2, 0) is 19.1 Å². The van der Waals surface area contributed by atoms with Gasteiger partial charge in [0.1, 0.15) is 0 Å². The number of unbranched alkanes of at least 4 members (excludes halogenated alkanes) is 16. The molecule has 0 spiro atoms. The Bertz CT molecular complexity index is 445. The maximum absolute atomic E-state index is 11.6. The molecule has 0 aromatic rings. The van der Waals surface area contributed by atoms with Crippen LogP contribution in [-0.4, -0.2) is 34.8 Å². The van der Waals surface area contributed by atoms with Crippen LogP contribution in [0.4, 0.5) is 0 Å². The Labute approximate surface area is 233 Å². The van der Waals surface area contributed by atoms with Crippen molar-refractivity contribution in [3.05, 3.63) is 0 Å². The first-order valence-corrected chi connectivity index (χ1v) is 16.4. The molecule has 0 bridgehead atoms. The van der Waals surface area contributed by atoms with Crippen LogP contribution >= 0.6 is 31.9 Å². The fourth-order valence-electron chi connectivity index (χ4n) is 4.00. The van der Waals surface area contributed by atoms with Gasteiger partial charge in [0.05, 0.1) is 26.1 Å². The zero-order chi connectivity index (χ0) is 26.0. The second kappa shape index (κ2) is 26.9. The van der Waals surface area contributed by atoms with Gasteiger partial charge in [-0.2, -0.15) is 0 Å². The van der Waals surface area contributed by atoms with Crippen LogP contribution in [0.3, 0.4) is 0 Å². The number of hydrogen-bond donors (Lipinski definition) is 0. The maximum atomic E-state index is 11.6. The van der Waals surface area contributed by atoms with Gasteiger partial charge in [-0.3, -0.25) is 9.59 Å². The highest BCUT2D eigenvalue weighted by atomic mass is 79.9. The molecule has 0 rings (SSSR count). The number of halogens is 2. The monoisotopic (exact) mass is 624 g/mol. The average molecular weight is 627 g/mol. The molecular weight excluding hydrogens is 572 g/mol. The summed E-state index contributed by atoms with van der Waals surface area (Å²) in [6, 6.07) is 0. The van der Waals surface area contributed by atoms with Gasteiger partial charge in [0.25, 0.3) is 0 Å². The van der Waals surface area contributed by atoms with E-state index in [1.165, 1.54) is 96.3 Å². The summed E-state index contributed by atoms with van der Waals surface area (Å²) in [5.74, 6) is -0.146. The number of esters is 2. The SMILES string of the molecule is CCC(Br)CC(=O)OCCCCCCCCCCCCCCCCCCCOC(=O)CC(Br)CC. The summed E-state index contributed by atoms with van der Waals surface area (Å²) in [5.41, 5.74) is 0. The van der Waals surface area contributed by atoms with E-state index in [-0.39, 0.29) is 21.6 Å². The van der Waals surface area contributed by atoms with E-state index >= 15 is 0 Å². The third-order valence-electron chi connectivity index (χ3n) is 6.48. The van der Waals surface area contributed by atoms with E-state index in [9.17, 15) is 9.59 Å². The summed E-state index contributed by atoms with van der Waals surface area (Å²) in [5, 5.41) is 0. The molecule has 6 heteroatoms. The molecule has 0 aliphatic carbocycles. The van der Waals surface area contributed by atoms with Crippen molar-refractivity contribution in [2.75, 3.05) is 13.2 Å². The molecule has 0 fully saturated rings. The van der Waals surface area contributed by atoms with Gasteiger partial charge >= 0.3 is 11.9 Å². The molecule has 2 atom stereocenters. The van der Waals surface area contributed by atoms with Crippen molar-refractivity contribution < 1.29 is 19.1 Å². The summed E-state index contributed by atoms with van der Waals surface area (Å²) >= 11 is 6.95. The molecule has 0 aliphatic rings. The Hall–Kier alpha value is -0.100. The fraction of sp³-hybridized carbons (Fsp3) is 0.931. The standard InChI is InChI=1S/C29H54Br2O4/c1-3-26(30)24-28(32)34-22-20-18-16-14-12-10-8-6-5-7-9-11-13-15-17-19-21-23-35-29(33)25-27(31)4-2/h26-27H,3-25H2,1-2H3. The van der Waals surface area contributed by atoms with Crippen molar-refractivity contribution >= 4 is 43.8 Å². The van der Waals surface area contributed by atoms with E-state index in [1.807, 2.05) is 0 Å². The zero-order valence-corrected chi connectivity index (χ0v) is 26.0. The lowest BCUT2D eigenvalue weighted by Gasteiger charge is -2.07. The lowest BCUT2D eigenvalue weighted by molar-refractivity contribution is -0.144. The largest absolute Gasteiger partial charge is 0.466 e. The predicted octanol–water partition coefficient (Wildman–Crippen LogP) is 9.83. The van der Waals surface area contributed by atoms with Crippen LogP contribution in [0.15, 0.2) is 0 Å². The molecule has 208 valence electrons. The number of rotatable bonds is 26. The molecule has 4 nitrogen and oxygen atoms in total. The summed E-state index contributed by atoms with van der Waals surface area (Å²) in [6.45, 7) is 5.29. The minimum absolute atomic E-state index is 0.0729. The van der Waals surface area contributed by atoms with Gasteiger partial charge in [0, 0.05) is 9.65 Å². The minimum atomic E-state index is -0.0729. The number of hydrogen-bond acceptors (Lipinski definition) is 4. The second-order valence-electron chi connectivity index (χ2n) is 9.87. The third kappa shape index (κ3) is 26.8. The van der Waals surface area contributed by atoms with Crippen LogP contribution in [0.25, 0.3) is 0 Å². The van der Waals surface area contributed by atoms with E-state index in [0.717, 1.165) is 25.7 Å². The number of alkyl halides is 2. The quantitative estimate of drug-likeness (QED) is 0.0545. The first-order valence-electron chi connectivity index (χ1n) is 14.6. The molecule has 0 amide bonds. The van der Waals surface area contributed by atoms with Crippen molar-refractivity contribution in [3.8, 4) is 0 Å². The molecule has 2 unspecified atom stereocenters. The van der Waals surface area contributed by atoms with E-state index in [2.05, 4.69) is 45.7 Å². The van der Waals surface area contributed by atoms with Gasteiger partial charge < -0.3 is 9.47 Å². The first-order chi connectivity index (χ1) is 17.0. The topological polar surface area (TPSA) is 52.6 Å². The molecule has 0 saturated carbocycles. The van der Waals surface area contributed by atoms with Crippen molar-refractivity contribution in [1.29, 1.82) is 0 Å². The van der Waals surface area contributed by atoms with Crippen molar-refractivity contribution in [3.63, 3.8) is 0 Å². The Morgan fingerprint density at radius 3 is 0.943 bits per heavy atom. The summed E-state index contributed by atoms with van der Waals surface area (Å²) in [4.78, 5) is 23.7. The molecule has 0 radical (unpaired) electrons. The van der Waals surface area contributed by atoms with Gasteiger partial charge in [-0.15, -0.1) is 0 Å². The van der Waals surface area contributed by atoms with E-state index in [1.54, 1.807) is 0 Å². The van der Waals surface area contributed by atoms with E-state index in [0.29, 0.717) is 26.1 Å². The molecule has 0 aliphatic heterocycles. The molecular formula is C29H54Br2O4. The van der Waals surface area contributed by atoms with Crippen molar-refractivity contribution in [1.82, 2.24) is 0 Å². The molecule has 0 aromatic heterocycles. The lowest BCUT2D eigenvalue weighted by atomic mass is 10.0. The summed E-state index contributed by atoms with van der Waals surface area (Å²) in [7, 11) is 0. The maximum Gasteiger partial charge on any atom is 0.306 e. The number of ether oxygens (including phenoxy) is 2. The molecule has 0 saturated heterocycles. The lowest BCUT2D eigenvalue weighted by Crippen LogP contribution is -2.11. The van der Waals surface area contributed by atoms with E-state index < -0.39 is 0 Å². The van der Waals surface area contributed by atoms with Crippen LogP contribution in [0.2, 0.25) is 0 Å². The molecule has 35 heavy (non-hydrogen) atoms. The van der Waals surface area contributed by atoms with Gasteiger partial charge in [-0.25, -0.2) is 0 Å². The van der Waals surface area contributed by atoms with Crippen molar-refractivity contribution in [2.24, 2.45) is 0 Å². The third-order valence-corrected chi connectivity index (χ3v) is 8.42. The highest BCUT2D eigenvalue weighted by Gasteiger charge is 2.10. The highest BCUT2D eigenvalue weighted by molar-refractivity contribution is 9.09. The van der Waals surface area contributed by atoms with Crippen molar-refractivity contribution in [2.45, 2.75) is 158 Å². The Morgan fingerprint density at radius 2 is 0.714 bits per heavy atom. The molecule has 0 aromatic carbocycles. The van der Waals surface area contributed by atoms with Gasteiger partial charge in [-0.05, 0) is 25.7 Å². The van der Waals surface area contributed by atoms with Crippen LogP contribution in [0, 0.1) is 0 Å². The Kier molecular flexibility index (Phi) is 26.9. The van der Waals surface area contributed by atoms with Gasteiger partial charge in [0.2, 0.25) is 0 Å². The second-order valence-corrected chi connectivity index (χ2v) is 12.5. The molecule has 0 N–H and O–H groups in total. The van der Waals surface area contributed by atoms with Gasteiger partial charge in [-0.1, -0.05) is 142 Å². The smallest absolute Gasteiger partial charge is 0.306 e. The first kappa shape index (κ1) is 34.9.